The molecule has 0 saturated heterocycles. The Balaban J connectivity index is 1.87. The van der Waals surface area contributed by atoms with Gasteiger partial charge in [0.15, 0.2) is 0 Å². The Morgan fingerprint density at radius 2 is 2.15 bits per heavy atom. The fraction of sp³-hybridized carbons (Fsp3) is 0.467. The van der Waals surface area contributed by atoms with Crippen molar-refractivity contribution in [2.45, 2.75) is 32.8 Å². The zero-order chi connectivity index (χ0) is 14.4. The van der Waals surface area contributed by atoms with E-state index in [2.05, 4.69) is 34.5 Å². The monoisotopic (exact) mass is 275 g/mol. The first-order valence-corrected chi connectivity index (χ1v) is 6.89. The number of nitrogens with zero attached hydrogens (tertiary/aromatic N) is 2. The molecule has 0 spiro atoms. The average Bonchev–Trinajstić information content (AvgIpc) is 2.91. The van der Waals surface area contributed by atoms with E-state index in [0.717, 1.165) is 18.7 Å². The Morgan fingerprint density at radius 1 is 1.35 bits per heavy atom. The first-order chi connectivity index (χ1) is 9.74. The highest BCUT2D eigenvalue weighted by Crippen LogP contribution is 2.17. The number of para-hydroxylation sites is 1. The Bertz CT molecular complexity index is 535. The van der Waals surface area contributed by atoms with Gasteiger partial charge in [0.2, 0.25) is 11.7 Å². The summed E-state index contributed by atoms with van der Waals surface area (Å²) in [6, 6.07) is 8.19. The van der Waals surface area contributed by atoms with Crippen LogP contribution in [0.4, 0.5) is 5.69 Å². The van der Waals surface area contributed by atoms with Crippen molar-refractivity contribution in [1.29, 1.82) is 0 Å². The summed E-state index contributed by atoms with van der Waals surface area (Å²) >= 11 is 0. The van der Waals surface area contributed by atoms with Gasteiger partial charge in [-0.15, -0.1) is 0 Å². The van der Waals surface area contributed by atoms with E-state index < -0.39 is 0 Å². The molecule has 108 valence electrons. The highest BCUT2D eigenvalue weighted by atomic mass is 16.5. The van der Waals surface area contributed by atoms with E-state index in [0.29, 0.717) is 18.1 Å². The first kappa shape index (κ1) is 14.5. The van der Waals surface area contributed by atoms with Crippen molar-refractivity contribution in [3.05, 3.63) is 41.5 Å². The standard InChI is InChI=1S/C15H21N3O2/c1-4-13(19-3)15-17-14(20-18-15)9-10-16-12-8-6-5-7-11(12)2/h5-8,13,16H,4,9-10H2,1-3H3. The summed E-state index contributed by atoms with van der Waals surface area (Å²) in [5.74, 6) is 1.26. The molecule has 1 aromatic heterocycles. The molecule has 1 unspecified atom stereocenters. The number of nitrogens with one attached hydrogen (secondary N) is 1. The van der Waals surface area contributed by atoms with E-state index in [1.165, 1.54) is 5.56 Å². The van der Waals surface area contributed by atoms with E-state index in [-0.39, 0.29) is 6.10 Å². The summed E-state index contributed by atoms with van der Waals surface area (Å²) in [6.07, 6.45) is 1.44. The van der Waals surface area contributed by atoms with Crippen LogP contribution in [0.3, 0.4) is 0 Å². The lowest BCUT2D eigenvalue weighted by Gasteiger charge is -2.07. The topological polar surface area (TPSA) is 60.2 Å². The van der Waals surface area contributed by atoms with Crippen LogP contribution in [0.1, 0.15) is 36.7 Å². The van der Waals surface area contributed by atoms with Gasteiger partial charge in [0, 0.05) is 25.8 Å². The third-order valence-corrected chi connectivity index (χ3v) is 3.23. The molecule has 1 heterocycles. The number of benzene rings is 1. The van der Waals surface area contributed by atoms with Crippen LogP contribution in [-0.2, 0) is 11.2 Å². The molecule has 5 nitrogen and oxygen atoms in total. The third-order valence-electron chi connectivity index (χ3n) is 3.23. The Kier molecular flexibility index (Phi) is 5.12. The maximum Gasteiger partial charge on any atom is 0.228 e. The summed E-state index contributed by atoms with van der Waals surface area (Å²) < 4.78 is 10.5. The van der Waals surface area contributed by atoms with Gasteiger partial charge >= 0.3 is 0 Å². The zero-order valence-electron chi connectivity index (χ0n) is 12.2. The molecule has 1 aromatic carbocycles. The van der Waals surface area contributed by atoms with Crippen molar-refractivity contribution in [1.82, 2.24) is 10.1 Å². The highest BCUT2D eigenvalue weighted by Gasteiger charge is 2.15. The van der Waals surface area contributed by atoms with Crippen molar-refractivity contribution in [2.75, 3.05) is 19.0 Å². The molecular formula is C15H21N3O2. The zero-order valence-corrected chi connectivity index (χ0v) is 12.2. The molecule has 0 radical (unpaired) electrons. The molecular weight excluding hydrogens is 254 g/mol. The summed E-state index contributed by atoms with van der Waals surface area (Å²) in [6.45, 7) is 4.87. The third kappa shape index (κ3) is 3.57. The number of rotatable bonds is 7. The predicted octanol–water partition coefficient (Wildman–Crippen LogP) is 3.13. The average molecular weight is 275 g/mol. The van der Waals surface area contributed by atoms with Gasteiger partial charge in [-0.3, -0.25) is 0 Å². The fourth-order valence-corrected chi connectivity index (χ4v) is 2.03. The molecule has 1 atom stereocenters. The summed E-state index contributed by atoms with van der Waals surface area (Å²) in [5.41, 5.74) is 2.36. The summed E-state index contributed by atoms with van der Waals surface area (Å²) in [7, 11) is 1.66. The summed E-state index contributed by atoms with van der Waals surface area (Å²) in [4.78, 5) is 4.36. The van der Waals surface area contributed by atoms with Crippen LogP contribution >= 0.6 is 0 Å². The van der Waals surface area contributed by atoms with Crippen LogP contribution in [0.25, 0.3) is 0 Å². The number of aryl methyl sites for hydroxylation is 1. The minimum Gasteiger partial charge on any atom is -0.384 e. The molecule has 2 rings (SSSR count). The number of ether oxygens (including phenoxy) is 1. The molecule has 0 fully saturated rings. The predicted molar refractivity (Wildman–Crippen MR) is 77.7 cm³/mol. The van der Waals surface area contributed by atoms with Crippen LogP contribution in [0.5, 0.6) is 0 Å². The lowest BCUT2D eigenvalue weighted by Crippen LogP contribution is -2.06. The SMILES string of the molecule is CCC(OC)c1noc(CCNc2ccccc2C)n1. The second kappa shape index (κ2) is 7.05. The van der Waals surface area contributed by atoms with Gasteiger partial charge in [-0.1, -0.05) is 30.3 Å². The maximum absolute atomic E-state index is 5.29. The highest BCUT2D eigenvalue weighted by molar-refractivity contribution is 5.50. The number of anilines is 1. The number of aromatic nitrogens is 2. The molecule has 20 heavy (non-hydrogen) atoms. The van der Waals surface area contributed by atoms with E-state index in [1.54, 1.807) is 7.11 Å². The van der Waals surface area contributed by atoms with Crippen molar-refractivity contribution in [3.63, 3.8) is 0 Å². The molecule has 0 aliphatic carbocycles. The minimum atomic E-state index is -0.0863. The van der Waals surface area contributed by atoms with Crippen molar-refractivity contribution >= 4 is 5.69 Å². The lowest BCUT2D eigenvalue weighted by atomic mass is 10.2. The molecule has 0 aliphatic rings. The Morgan fingerprint density at radius 3 is 2.85 bits per heavy atom. The molecule has 2 aromatic rings. The molecule has 0 amide bonds. The van der Waals surface area contributed by atoms with E-state index in [1.807, 2.05) is 19.1 Å². The van der Waals surface area contributed by atoms with Crippen molar-refractivity contribution in [2.24, 2.45) is 0 Å². The van der Waals surface area contributed by atoms with Gasteiger partial charge in [0.1, 0.15) is 6.10 Å². The number of hydrogen-bond donors (Lipinski definition) is 1. The van der Waals surface area contributed by atoms with Crippen LogP contribution in [-0.4, -0.2) is 23.8 Å². The Hall–Kier alpha value is -1.88. The van der Waals surface area contributed by atoms with Crippen molar-refractivity contribution in [3.8, 4) is 0 Å². The van der Waals surface area contributed by atoms with Crippen LogP contribution in [0, 0.1) is 6.92 Å². The molecule has 5 heteroatoms. The Labute approximate surface area is 119 Å². The minimum absolute atomic E-state index is 0.0863. The van der Waals surface area contributed by atoms with E-state index >= 15 is 0 Å². The summed E-state index contributed by atoms with van der Waals surface area (Å²) in [5, 5.41) is 7.33. The van der Waals surface area contributed by atoms with Crippen molar-refractivity contribution < 1.29 is 9.26 Å². The number of methoxy groups -OCH3 is 1. The smallest absolute Gasteiger partial charge is 0.228 e. The fourth-order valence-electron chi connectivity index (χ4n) is 2.03. The molecule has 0 bridgehead atoms. The largest absolute Gasteiger partial charge is 0.384 e. The van der Waals surface area contributed by atoms with Gasteiger partial charge < -0.3 is 14.6 Å². The van der Waals surface area contributed by atoms with Gasteiger partial charge in [-0.25, -0.2) is 0 Å². The van der Waals surface area contributed by atoms with Crippen LogP contribution < -0.4 is 5.32 Å². The van der Waals surface area contributed by atoms with Gasteiger partial charge in [0.25, 0.3) is 0 Å². The quantitative estimate of drug-likeness (QED) is 0.841. The second-order valence-electron chi connectivity index (χ2n) is 4.67. The number of hydrogen-bond acceptors (Lipinski definition) is 5. The van der Waals surface area contributed by atoms with Gasteiger partial charge in [-0.2, -0.15) is 4.98 Å². The van der Waals surface area contributed by atoms with Crippen LogP contribution in [0.15, 0.2) is 28.8 Å². The molecule has 1 N–H and O–H groups in total. The normalized spacial score (nSPS) is 12.3. The first-order valence-electron chi connectivity index (χ1n) is 6.89. The maximum atomic E-state index is 5.29. The van der Waals surface area contributed by atoms with E-state index in [9.17, 15) is 0 Å². The molecule has 0 saturated carbocycles. The second-order valence-corrected chi connectivity index (χ2v) is 4.67. The van der Waals surface area contributed by atoms with Gasteiger partial charge in [-0.05, 0) is 25.0 Å². The molecule has 0 aliphatic heterocycles. The lowest BCUT2D eigenvalue weighted by molar-refractivity contribution is 0.0903. The van der Waals surface area contributed by atoms with Gasteiger partial charge in [0.05, 0.1) is 0 Å². The van der Waals surface area contributed by atoms with E-state index in [4.69, 9.17) is 9.26 Å². The van der Waals surface area contributed by atoms with Crippen LogP contribution in [0.2, 0.25) is 0 Å².